The van der Waals surface area contributed by atoms with Crippen LogP contribution in [0.5, 0.6) is 0 Å². The molecule has 1 aromatic heterocycles. The van der Waals surface area contributed by atoms with Crippen LogP contribution in [0.4, 0.5) is 0 Å². The molecule has 0 saturated heterocycles. The fourth-order valence-corrected chi connectivity index (χ4v) is 2.72. The molecule has 0 atom stereocenters. The molecule has 0 aliphatic rings. The van der Waals surface area contributed by atoms with Gasteiger partial charge in [0.1, 0.15) is 5.58 Å². The fraction of sp³-hybridized carbons (Fsp3) is 0.263. The molecule has 0 fully saturated rings. The van der Waals surface area contributed by atoms with Crippen LogP contribution < -0.4 is 0 Å². The molecule has 0 aliphatic heterocycles. The van der Waals surface area contributed by atoms with Crippen molar-refractivity contribution in [1.29, 1.82) is 0 Å². The van der Waals surface area contributed by atoms with E-state index >= 15 is 0 Å². The van der Waals surface area contributed by atoms with Gasteiger partial charge in [-0.15, -0.1) is 0 Å². The Labute approximate surface area is 120 Å². The quantitative estimate of drug-likeness (QED) is 0.528. The predicted molar refractivity (Wildman–Crippen MR) is 84.9 cm³/mol. The van der Waals surface area contributed by atoms with Crippen molar-refractivity contribution in [2.45, 2.75) is 32.6 Å². The number of hydrogen-bond donors (Lipinski definition) is 0. The SMILES string of the molecule is CCCCCc1cc(-c2ccccc2)cc2occc12. The zero-order valence-electron chi connectivity index (χ0n) is 11.9. The van der Waals surface area contributed by atoms with E-state index in [1.165, 1.54) is 41.3 Å². The fourth-order valence-electron chi connectivity index (χ4n) is 2.72. The molecule has 20 heavy (non-hydrogen) atoms. The van der Waals surface area contributed by atoms with E-state index in [4.69, 9.17) is 4.42 Å². The van der Waals surface area contributed by atoms with Gasteiger partial charge in [-0.2, -0.15) is 0 Å². The minimum Gasteiger partial charge on any atom is -0.464 e. The Kier molecular flexibility index (Phi) is 3.87. The summed E-state index contributed by atoms with van der Waals surface area (Å²) in [5.74, 6) is 0. The van der Waals surface area contributed by atoms with E-state index in [0.717, 1.165) is 12.0 Å². The van der Waals surface area contributed by atoms with Gasteiger partial charge in [0.15, 0.2) is 0 Å². The van der Waals surface area contributed by atoms with Gasteiger partial charge >= 0.3 is 0 Å². The highest BCUT2D eigenvalue weighted by atomic mass is 16.3. The second-order valence-electron chi connectivity index (χ2n) is 5.29. The smallest absolute Gasteiger partial charge is 0.134 e. The van der Waals surface area contributed by atoms with E-state index in [9.17, 15) is 0 Å². The summed E-state index contributed by atoms with van der Waals surface area (Å²) in [7, 11) is 0. The van der Waals surface area contributed by atoms with Crippen LogP contribution in [0.3, 0.4) is 0 Å². The number of rotatable bonds is 5. The molecule has 3 rings (SSSR count). The van der Waals surface area contributed by atoms with Crippen molar-refractivity contribution < 1.29 is 4.42 Å². The second-order valence-corrected chi connectivity index (χ2v) is 5.29. The van der Waals surface area contributed by atoms with Crippen molar-refractivity contribution in [2.75, 3.05) is 0 Å². The van der Waals surface area contributed by atoms with Crippen LogP contribution in [-0.4, -0.2) is 0 Å². The van der Waals surface area contributed by atoms with Crippen molar-refractivity contribution >= 4 is 11.0 Å². The first-order valence-corrected chi connectivity index (χ1v) is 7.44. The van der Waals surface area contributed by atoms with E-state index in [1.54, 1.807) is 6.26 Å². The van der Waals surface area contributed by atoms with E-state index in [1.807, 2.05) is 0 Å². The van der Waals surface area contributed by atoms with Crippen LogP contribution in [0.15, 0.2) is 59.2 Å². The molecule has 0 saturated carbocycles. The van der Waals surface area contributed by atoms with Crippen molar-refractivity contribution in [3.63, 3.8) is 0 Å². The summed E-state index contributed by atoms with van der Waals surface area (Å²) < 4.78 is 5.63. The van der Waals surface area contributed by atoms with Gasteiger partial charge < -0.3 is 4.42 Å². The summed E-state index contributed by atoms with van der Waals surface area (Å²) in [5.41, 5.74) is 4.91. The van der Waals surface area contributed by atoms with Gasteiger partial charge in [0.25, 0.3) is 0 Å². The largest absolute Gasteiger partial charge is 0.464 e. The summed E-state index contributed by atoms with van der Waals surface area (Å²) in [6.45, 7) is 2.24. The summed E-state index contributed by atoms with van der Waals surface area (Å²) in [4.78, 5) is 0. The number of hydrogen-bond acceptors (Lipinski definition) is 1. The first kappa shape index (κ1) is 13.0. The molecule has 0 unspecified atom stereocenters. The third-order valence-electron chi connectivity index (χ3n) is 3.81. The average molecular weight is 264 g/mol. The van der Waals surface area contributed by atoms with E-state index in [2.05, 4.69) is 55.5 Å². The van der Waals surface area contributed by atoms with Gasteiger partial charge in [0, 0.05) is 5.39 Å². The lowest BCUT2D eigenvalue weighted by Gasteiger charge is -2.07. The highest BCUT2D eigenvalue weighted by Gasteiger charge is 2.08. The molecule has 2 aromatic carbocycles. The van der Waals surface area contributed by atoms with Crippen LogP contribution in [0.25, 0.3) is 22.1 Å². The van der Waals surface area contributed by atoms with Crippen molar-refractivity contribution in [1.82, 2.24) is 0 Å². The third kappa shape index (κ3) is 2.62. The lowest BCUT2D eigenvalue weighted by atomic mass is 9.97. The van der Waals surface area contributed by atoms with Gasteiger partial charge in [-0.3, -0.25) is 0 Å². The average Bonchev–Trinajstić information content (AvgIpc) is 2.97. The lowest BCUT2D eigenvalue weighted by molar-refractivity contribution is 0.615. The Morgan fingerprint density at radius 1 is 0.900 bits per heavy atom. The van der Waals surface area contributed by atoms with Gasteiger partial charge in [-0.1, -0.05) is 56.2 Å². The molecule has 1 heteroatoms. The summed E-state index contributed by atoms with van der Waals surface area (Å²) in [6, 6.07) is 17.1. The normalized spacial score (nSPS) is 11.1. The Hall–Kier alpha value is -2.02. The molecule has 0 spiro atoms. The maximum Gasteiger partial charge on any atom is 0.134 e. The van der Waals surface area contributed by atoms with Crippen LogP contribution in [0.1, 0.15) is 31.7 Å². The van der Waals surface area contributed by atoms with Crippen molar-refractivity contribution in [2.24, 2.45) is 0 Å². The highest BCUT2D eigenvalue weighted by molar-refractivity contribution is 5.86. The van der Waals surface area contributed by atoms with E-state index < -0.39 is 0 Å². The number of furan rings is 1. The number of benzene rings is 2. The van der Waals surface area contributed by atoms with Gasteiger partial charge in [-0.25, -0.2) is 0 Å². The van der Waals surface area contributed by atoms with E-state index in [-0.39, 0.29) is 0 Å². The van der Waals surface area contributed by atoms with Gasteiger partial charge in [0.2, 0.25) is 0 Å². The topological polar surface area (TPSA) is 13.1 Å². The molecule has 0 amide bonds. The molecular formula is C19H20O. The van der Waals surface area contributed by atoms with Crippen LogP contribution in [0, 0.1) is 0 Å². The van der Waals surface area contributed by atoms with Crippen LogP contribution in [0.2, 0.25) is 0 Å². The molecule has 102 valence electrons. The predicted octanol–water partition coefficient (Wildman–Crippen LogP) is 5.83. The van der Waals surface area contributed by atoms with Gasteiger partial charge in [0.05, 0.1) is 6.26 Å². The maximum absolute atomic E-state index is 5.63. The summed E-state index contributed by atoms with van der Waals surface area (Å²) in [6.07, 6.45) is 6.71. The molecule has 0 bridgehead atoms. The summed E-state index contributed by atoms with van der Waals surface area (Å²) >= 11 is 0. The molecule has 0 N–H and O–H groups in total. The minimum atomic E-state index is 0.998. The van der Waals surface area contributed by atoms with Crippen molar-refractivity contribution in [3.05, 3.63) is 60.4 Å². The highest BCUT2D eigenvalue weighted by Crippen LogP contribution is 2.29. The number of fused-ring (bicyclic) bond motifs is 1. The Morgan fingerprint density at radius 2 is 1.75 bits per heavy atom. The van der Waals surface area contributed by atoms with Crippen LogP contribution >= 0.6 is 0 Å². The third-order valence-corrected chi connectivity index (χ3v) is 3.81. The Morgan fingerprint density at radius 3 is 2.55 bits per heavy atom. The number of unbranched alkanes of at least 4 members (excludes halogenated alkanes) is 2. The van der Waals surface area contributed by atoms with Gasteiger partial charge in [-0.05, 0) is 41.7 Å². The first-order valence-electron chi connectivity index (χ1n) is 7.44. The molecular weight excluding hydrogens is 244 g/mol. The standard InChI is InChI=1S/C19H20O/c1-2-3-5-10-16-13-17(15-8-6-4-7-9-15)14-19-18(16)11-12-20-19/h4,6-9,11-14H,2-3,5,10H2,1H3. The molecule has 3 aromatic rings. The molecule has 1 nitrogen and oxygen atoms in total. The minimum absolute atomic E-state index is 0.998. The molecule has 1 heterocycles. The molecule has 0 aliphatic carbocycles. The molecule has 0 radical (unpaired) electrons. The lowest BCUT2D eigenvalue weighted by Crippen LogP contribution is -1.88. The monoisotopic (exact) mass is 264 g/mol. The number of aryl methyl sites for hydroxylation is 1. The van der Waals surface area contributed by atoms with Crippen molar-refractivity contribution in [3.8, 4) is 11.1 Å². The summed E-state index contributed by atoms with van der Waals surface area (Å²) in [5, 5.41) is 1.26. The Bertz CT molecular complexity index is 679. The maximum atomic E-state index is 5.63. The van der Waals surface area contributed by atoms with Crippen LogP contribution in [-0.2, 0) is 6.42 Å². The van der Waals surface area contributed by atoms with E-state index in [0.29, 0.717) is 0 Å². The zero-order chi connectivity index (χ0) is 13.8. The second kappa shape index (κ2) is 5.96. The zero-order valence-corrected chi connectivity index (χ0v) is 11.9. The Balaban J connectivity index is 2.01. The first-order chi connectivity index (χ1) is 9.88.